The molecular formula is C15H21F9N4O3. The molecule has 0 radical (unpaired) electrons. The third-order valence-electron chi connectivity index (χ3n) is 3.70. The van der Waals surface area contributed by atoms with E-state index >= 15 is 0 Å². The molecule has 0 unspecified atom stereocenters. The molecule has 3 amide bonds. The van der Waals surface area contributed by atoms with Gasteiger partial charge in [0, 0.05) is 32.7 Å². The van der Waals surface area contributed by atoms with Crippen LogP contribution in [0.15, 0.2) is 0 Å². The standard InChI is InChI=1S/C15H21F9N4O3/c16-13(17,18)10(29)26-5-2-7-28(12(31)15(22,23)24)9-3-8-27(6-1-4-25)11(30)14(19,20)21/h1-9,25H2,(H,26,29). The number of hydrogen-bond acceptors (Lipinski definition) is 4. The number of nitrogens with zero attached hydrogens (tertiary/aromatic N) is 2. The van der Waals surface area contributed by atoms with Crippen molar-refractivity contribution in [2.75, 3.05) is 39.3 Å². The van der Waals surface area contributed by atoms with Gasteiger partial charge < -0.3 is 20.9 Å². The second-order valence-corrected chi connectivity index (χ2v) is 6.18. The third kappa shape index (κ3) is 11.1. The lowest BCUT2D eigenvalue weighted by Crippen LogP contribution is -2.46. The van der Waals surface area contributed by atoms with Gasteiger partial charge in [-0.1, -0.05) is 0 Å². The molecule has 0 aromatic carbocycles. The van der Waals surface area contributed by atoms with Crippen molar-refractivity contribution in [2.45, 2.75) is 37.8 Å². The highest BCUT2D eigenvalue weighted by molar-refractivity contribution is 5.83. The minimum absolute atomic E-state index is 0.00802. The summed E-state index contributed by atoms with van der Waals surface area (Å²) in [5, 5.41) is 1.41. The van der Waals surface area contributed by atoms with Crippen LogP contribution in [0.4, 0.5) is 39.5 Å². The van der Waals surface area contributed by atoms with Crippen molar-refractivity contribution in [1.82, 2.24) is 15.1 Å². The highest BCUT2D eigenvalue weighted by Gasteiger charge is 2.44. The fraction of sp³-hybridized carbons (Fsp3) is 0.800. The number of hydrogen-bond donors (Lipinski definition) is 2. The number of rotatable bonds is 11. The van der Waals surface area contributed by atoms with Gasteiger partial charge in [0.25, 0.3) is 0 Å². The van der Waals surface area contributed by atoms with E-state index in [1.807, 2.05) is 0 Å². The number of alkyl halides is 9. The second kappa shape index (κ2) is 12.0. The van der Waals surface area contributed by atoms with Crippen molar-refractivity contribution in [3.8, 4) is 0 Å². The SMILES string of the molecule is NCCCN(CCCN(CCCNC(=O)C(F)(F)F)C(=O)C(F)(F)F)C(=O)C(F)(F)F. The van der Waals surface area contributed by atoms with E-state index in [0.29, 0.717) is 4.90 Å². The second-order valence-electron chi connectivity index (χ2n) is 6.18. The molecule has 0 fully saturated rings. The smallest absolute Gasteiger partial charge is 0.348 e. The van der Waals surface area contributed by atoms with Crippen LogP contribution in [0.1, 0.15) is 19.3 Å². The monoisotopic (exact) mass is 476 g/mol. The maximum absolute atomic E-state index is 12.7. The van der Waals surface area contributed by atoms with E-state index in [2.05, 4.69) is 0 Å². The number of halogens is 9. The molecule has 16 heteroatoms. The summed E-state index contributed by atoms with van der Waals surface area (Å²) in [5.41, 5.74) is 5.17. The molecule has 7 nitrogen and oxygen atoms in total. The minimum Gasteiger partial charge on any atom is -0.348 e. The first kappa shape index (κ1) is 28.7. The molecule has 0 aliphatic heterocycles. The van der Waals surface area contributed by atoms with Gasteiger partial charge in [-0.25, -0.2) is 0 Å². The Morgan fingerprint density at radius 2 is 1.03 bits per heavy atom. The molecule has 0 heterocycles. The van der Waals surface area contributed by atoms with E-state index in [9.17, 15) is 53.9 Å². The molecule has 0 saturated carbocycles. The summed E-state index contributed by atoms with van der Waals surface area (Å²) in [5.74, 6) is -6.89. The highest BCUT2D eigenvalue weighted by Crippen LogP contribution is 2.21. The highest BCUT2D eigenvalue weighted by atomic mass is 19.4. The van der Waals surface area contributed by atoms with Crippen LogP contribution < -0.4 is 11.1 Å². The van der Waals surface area contributed by atoms with Crippen LogP contribution in [0.5, 0.6) is 0 Å². The lowest BCUT2D eigenvalue weighted by Gasteiger charge is -2.27. The maximum atomic E-state index is 12.7. The lowest BCUT2D eigenvalue weighted by molar-refractivity contribution is -0.187. The summed E-state index contributed by atoms with van der Waals surface area (Å²) < 4.78 is 112. The largest absolute Gasteiger partial charge is 0.471 e. The van der Waals surface area contributed by atoms with Gasteiger partial charge in [-0.3, -0.25) is 14.4 Å². The minimum atomic E-state index is -5.34. The Kier molecular flexibility index (Phi) is 11.1. The molecule has 0 aromatic heterocycles. The number of amides is 3. The van der Waals surface area contributed by atoms with Crippen LogP contribution in [-0.4, -0.2) is 85.3 Å². The van der Waals surface area contributed by atoms with Gasteiger partial charge in [0.2, 0.25) is 0 Å². The number of nitrogens with two attached hydrogens (primary N) is 1. The first-order chi connectivity index (χ1) is 14.0. The van der Waals surface area contributed by atoms with Gasteiger partial charge in [0.05, 0.1) is 0 Å². The van der Waals surface area contributed by atoms with Crippen LogP contribution in [0, 0.1) is 0 Å². The predicted octanol–water partition coefficient (Wildman–Crippen LogP) is 1.58. The fourth-order valence-corrected chi connectivity index (χ4v) is 2.29. The van der Waals surface area contributed by atoms with E-state index in [1.165, 1.54) is 5.32 Å². The summed E-state index contributed by atoms with van der Waals surface area (Å²) in [7, 11) is 0. The molecule has 3 N–H and O–H groups in total. The van der Waals surface area contributed by atoms with Gasteiger partial charge in [-0.2, -0.15) is 39.5 Å². The predicted molar refractivity (Wildman–Crippen MR) is 87.2 cm³/mol. The van der Waals surface area contributed by atoms with Crippen LogP contribution in [0.25, 0.3) is 0 Å². The van der Waals surface area contributed by atoms with Crippen molar-refractivity contribution >= 4 is 17.7 Å². The average Bonchev–Trinajstić information content (AvgIpc) is 2.62. The molecule has 0 spiro atoms. The summed E-state index contributed by atoms with van der Waals surface area (Å²) in [6.45, 7) is -3.25. The van der Waals surface area contributed by atoms with E-state index in [0.717, 1.165) is 0 Å². The van der Waals surface area contributed by atoms with Gasteiger partial charge in [0.1, 0.15) is 0 Å². The summed E-state index contributed by atoms with van der Waals surface area (Å²) in [6.07, 6.45) is -16.7. The molecule has 0 aromatic rings. The number of carbonyl (C=O) groups is 3. The van der Waals surface area contributed by atoms with Crippen molar-refractivity contribution < 1.29 is 53.9 Å². The zero-order valence-corrected chi connectivity index (χ0v) is 16.0. The van der Waals surface area contributed by atoms with Gasteiger partial charge in [-0.15, -0.1) is 0 Å². The molecule has 31 heavy (non-hydrogen) atoms. The fourth-order valence-electron chi connectivity index (χ4n) is 2.29. The third-order valence-corrected chi connectivity index (χ3v) is 3.70. The Bertz CT molecular complexity index is 606. The Morgan fingerprint density at radius 1 is 0.645 bits per heavy atom. The van der Waals surface area contributed by atoms with E-state index in [4.69, 9.17) is 5.73 Å². The lowest BCUT2D eigenvalue weighted by atomic mass is 10.2. The number of nitrogens with one attached hydrogen (secondary N) is 1. The molecule has 0 atom stereocenters. The normalized spacial score (nSPS) is 12.5. The molecule has 182 valence electrons. The zero-order valence-electron chi connectivity index (χ0n) is 16.0. The van der Waals surface area contributed by atoms with Crippen LogP contribution in [-0.2, 0) is 14.4 Å². The molecule has 0 bridgehead atoms. The maximum Gasteiger partial charge on any atom is 0.471 e. The molecule has 0 aliphatic rings. The molecule has 0 saturated heterocycles. The zero-order chi connectivity index (χ0) is 24.5. The van der Waals surface area contributed by atoms with Gasteiger partial charge in [-0.05, 0) is 25.8 Å². The first-order valence-electron chi connectivity index (χ1n) is 8.79. The average molecular weight is 476 g/mol. The van der Waals surface area contributed by atoms with Crippen molar-refractivity contribution in [3.05, 3.63) is 0 Å². The van der Waals surface area contributed by atoms with Crippen LogP contribution in [0.3, 0.4) is 0 Å². The van der Waals surface area contributed by atoms with Crippen molar-refractivity contribution in [3.63, 3.8) is 0 Å². The Morgan fingerprint density at radius 3 is 1.39 bits per heavy atom. The first-order valence-corrected chi connectivity index (χ1v) is 8.79. The van der Waals surface area contributed by atoms with Crippen LogP contribution >= 0.6 is 0 Å². The van der Waals surface area contributed by atoms with Gasteiger partial charge in [0.15, 0.2) is 0 Å². The summed E-state index contributed by atoms with van der Waals surface area (Å²) >= 11 is 0. The quantitative estimate of drug-likeness (QED) is 0.350. The summed E-state index contributed by atoms with van der Waals surface area (Å²) in [4.78, 5) is 34.0. The van der Waals surface area contributed by atoms with E-state index in [-0.39, 0.29) is 17.9 Å². The molecular weight excluding hydrogens is 455 g/mol. The molecule has 0 rings (SSSR count). The Hall–Kier alpha value is -2.26. The Labute approximate surface area is 170 Å². The van der Waals surface area contributed by atoms with Gasteiger partial charge >= 0.3 is 36.3 Å². The van der Waals surface area contributed by atoms with Crippen LogP contribution in [0.2, 0.25) is 0 Å². The topological polar surface area (TPSA) is 95.7 Å². The Balaban J connectivity index is 4.94. The van der Waals surface area contributed by atoms with E-state index < -0.39 is 81.8 Å². The molecule has 0 aliphatic carbocycles. The van der Waals surface area contributed by atoms with Crippen molar-refractivity contribution in [2.24, 2.45) is 5.73 Å². The summed E-state index contributed by atoms with van der Waals surface area (Å²) in [6, 6.07) is 0. The van der Waals surface area contributed by atoms with E-state index in [1.54, 1.807) is 0 Å². The number of carbonyl (C=O) groups excluding carboxylic acids is 3. The van der Waals surface area contributed by atoms with Crippen molar-refractivity contribution in [1.29, 1.82) is 0 Å².